The van der Waals surface area contributed by atoms with Crippen LogP contribution in [-0.4, -0.2) is 31.3 Å². The monoisotopic (exact) mass is 310 g/mol. The molecule has 116 valence electrons. The lowest BCUT2D eigenvalue weighted by Crippen LogP contribution is -2.44. The summed E-state index contributed by atoms with van der Waals surface area (Å²) in [6, 6.07) is 13.6. The number of rotatable bonds is 4. The predicted octanol–water partition coefficient (Wildman–Crippen LogP) is 1.86. The highest BCUT2D eigenvalue weighted by Gasteiger charge is 2.26. The summed E-state index contributed by atoms with van der Waals surface area (Å²) in [5.74, 6) is -0.0714. The van der Waals surface area contributed by atoms with E-state index in [2.05, 4.69) is 5.32 Å². The van der Waals surface area contributed by atoms with Crippen molar-refractivity contribution < 1.29 is 19.1 Å². The minimum Gasteiger partial charge on any atom is -0.484 e. The highest BCUT2D eigenvalue weighted by Crippen LogP contribution is 2.28. The summed E-state index contributed by atoms with van der Waals surface area (Å²) in [6.45, 7) is -0.231. The fourth-order valence-electron chi connectivity index (χ4n) is 2.32. The summed E-state index contributed by atoms with van der Waals surface area (Å²) in [5.41, 5.74) is 1.79. The van der Waals surface area contributed by atoms with Gasteiger partial charge in [0, 0.05) is 5.56 Å². The number of fused-ring (bicyclic) bond motifs is 1. The molecule has 6 heteroatoms. The fourth-order valence-corrected chi connectivity index (χ4v) is 2.32. The van der Waals surface area contributed by atoms with Crippen molar-refractivity contribution >= 4 is 29.5 Å². The van der Waals surface area contributed by atoms with Gasteiger partial charge in [-0.1, -0.05) is 12.1 Å². The molecule has 1 heterocycles. The Hall–Kier alpha value is -3.15. The van der Waals surface area contributed by atoms with E-state index in [-0.39, 0.29) is 25.0 Å². The molecular formula is C17H14N2O4. The van der Waals surface area contributed by atoms with Gasteiger partial charge in [0.2, 0.25) is 5.91 Å². The van der Waals surface area contributed by atoms with Gasteiger partial charge in [-0.05, 0) is 36.4 Å². The lowest BCUT2D eigenvalue weighted by atomic mass is 10.2. The summed E-state index contributed by atoms with van der Waals surface area (Å²) in [7, 11) is 0. The molecule has 0 radical (unpaired) electrons. The van der Waals surface area contributed by atoms with Gasteiger partial charge in [-0.25, -0.2) is 0 Å². The molecule has 0 saturated heterocycles. The molecule has 0 bridgehead atoms. The summed E-state index contributed by atoms with van der Waals surface area (Å²) in [5, 5.41) is 2.72. The number of carbonyl (C=O) groups excluding carboxylic acids is 3. The molecule has 23 heavy (non-hydrogen) atoms. The third-order valence-electron chi connectivity index (χ3n) is 3.45. The lowest BCUT2D eigenvalue weighted by Gasteiger charge is -2.29. The van der Waals surface area contributed by atoms with E-state index in [9.17, 15) is 14.4 Å². The summed E-state index contributed by atoms with van der Waals surface area (Å²) in [4.78, 5) is 36.1. The van der Waals surface area contributed by atoms with Crippen LogP contribution in [0.15, 0.2) is 48.5 Å². The Morgan fingerprint density at radius 3 is 2.65 bits per heavy atom. The molecule has 0 atom stereocenters. The average Bonchev–Trinajstić information content (AvgIpc) is 2.59. The second-order valence-electron chi connectivity index (χ2n) is 5.02. The Labute approximate surface area is 132 Å². The number of aldehydes is 1. The van der Waals surface area contributed by atoms with E-state index >= 15 is 0 Å². The number of para-hydroxylation sites is 2. The SMILES string of the molecule is O=Cc1ccc(OCC(=O)N2CC(=O)Nc3ccccc32)cc1. The Morgan fingerprint density at radius 1 is 1.17 bits per heavy atom. The molecule has 0 aromatic heterocycles. The molecule has 0 saturated carbocycles. The number of amides is 2. The second kappa shape index (κ2) is 6.31. The highest BCUT2D eigenvalue weighted by atomic mass is 16.5. The van der Waals surface area contributed by atoms with E-state index in [0.29, 0.717) is 22.7 Å². The molecule has 2 amide bonds. The molecule has 0 fully saturated rings. The van der Waals surface area contributed by atoms with Gasteiger partial charge >= 0.3 is 0 Å². The van der Waals surface area contributed by atoms with Gasteiger partial charge < -0.3 is 10.1 Å². The molecule has 0 spiro atoms. The zero-order valence-corrected chi connectivity index (χ0v) is 12.2. The smallest absolute Gasteiger partial charge is 0.265 e. The molecule has 1 N–H and O–H groups in total. The molecular weight excluding hydrogens is 296 g/mol. The Bertz CT molecular complexity index is 755. The van der Waals surface area contributed by atoms with Crippen molar-refractivity contribution in [3.05, 3.63) is 54.1 Å². The molecule has 2 aromatic carbocycles. The maximum atomic E-state index is 12.4. The van der Waals surface area contributed by atoms with Crippen LogP contribution >= 0.6 is 0 Å². The first kappa shape index (κ1) is 14.8. The van der Waals surface area contributed by atoms with Gasteiger partial charge in [0.15, 0.2) is 6.61 Å². The first-order valence-corrected chi connectivity index (χ1v) is 7.04. The van der Waals surface area contributed by atoms with Crippen molar-refractivity contribution in [1.82, 2.24) is 0 Å². The van der Waals surface area contributed by atoms with Gasteiger partial charge in [0.1, 0.15) is 18.6 Å². The van der Waals surface area contributed by atoms with E-state index in [1.807, 2.05) is 0 Å². The Balaban J connectivity index is 1.70. The van der Waals surface area contributed by atoms with E-state index in [1.165, 1.54) is 4.90 Å². The number of nitrogens with zero attached hydrogens (tertiary/aromatic N) is 1. The van der Waals surface area contributed by atoms with Gasteiger partial charge in [0.05, 0.1) is 11.4 Å². The normalized spacial score (nSPS) is 13.0. The standard InChI is InChI=1S/C17H14N2O4/c20-10-12-5-7-13(8-6-12)23-11-17(22)19-9-16(21)18-14-3-1-2-4-15(14)19/h1-8,10H,9,11H2,(H,18,21). The fraction of sp³-hybridized carbons (Fsp3) is 0.118. The molecule has 3 rings (SSSR count). The third-order valence-corrected chi connectivity index (χ3v) is 3.45. The van der Waals surface area contributed by atoms with E-state index < -0.39 is 0 Å². The first-order valence-electron chi connectivity index (χ1n) is 7.04. The van der Waals surface area contributed by atoms with Crippen molar-refractivity contribution in [2.45, 2.75) is 0 Å². The number of anilines is 2. The molecule has 0 unspecified atom stereocenters. The number of nitrogens with one attached hydrogen (secondary N) is 1. The van der Waals surface area contributed by atoms with Gasteiger partial charge in [-0.15, -0.1) is 0 Å². The van der Waals surface area contributed by atoms with Crippen LogP contribution in [0.4, 0.5) is 11.4 Å². The zero-order chi connectivity index (χ0) is 16.2. The number of ether oxygens (including phenoxy) is 1. The van der Waals surface area contributed by atoms with Crippen LogP contribution in [0.3, 0.4) is 0 Å². The van der Waals surface area contributed by atoms with Crippen LogP contribution in [0.5, 0.6) is 5.75 Å². The van der Waals surface area contributed by atoms with E-state index in [4.69, 9.17) is 4.74 Å². The number of hydrogen-bond donors (Lipinski definition) is 1. The summed E-state index contributed by atoms with van der Waals surface area (Å²) in [6.07, 6.45) is 0.734. The van der Waals surface area contributed by atoms with Crippen molar-refractivity contribution in [2.75, 3.05) is 23.4 Å². The minimum absolute atomic E-state index is 0.0384. The van der Waals surface area contributed by atoms with Crippen molar-refractivity contribution in [2.24, 2.45) is 0 Å². The first-order chi connectivity index (χ1) is 11.2. The molecule has 6 nitrogen and oxygen atoms in total. The summed E-state index contributed by atoms with van der Waals surface area (Å²) < 4.78 is 5.43. The van der Waals surface area contributed by atoms with Crippen LogP contribution in [0.1, 0.15) is 10.4 Å². The van der Waals surface area contributed by atoms with Gasteiger partial charge in [0.25, 0.3) is 5.91 Å². The van der Waals surface area contributed by atoms with Crippen LogP contribution < -0.4 is 15.0 Å². The van der Waals surface area contributed by atoms with E-state index in [0.717, 1.165) is 6.29 Å². The van der Waals surface area contributed by atoms with Crippen molar-refractivity contribution in [3.8, 4) is 5.75 Å². The van der Waals surface area contributed by atoms with Crippen LogP contribution in [0.25, 0.3) is 0 Å². The van der Waals surface area contributed by atoms with Crippen molar-refractivity contribution in [1.29, 1.82) is 0 Å². The van der Waals surface area contributed by atoms with Gasteiger partial charge in [-0.3, -0.25) is 19.3 Å². The minimum atomic E-state index is -0.313. The van der Waals surface area contributed by atoms with E-state index in [1.54, 1.807) is 48.5 Å². The summed E-state index contributed by atoms with van der Waals surface area (Å²) >= 11 is 0. The third kappa shape index (κ3) is 3.21. The Kier molecular flexibility index (Phi) is 4.05. The molecule has 0 aliphatic carbocycles. The van der Waals surface area contributed by atoms with Gasteiger partial charge in [-0.2, -0.15) is 0 Å². The second-order valence-corrected chi connectivity index (χ2v) is 5.02. The number of carbonyl (C=O) groups is 3. The Morgan fingerprint density at radius 2 is 1.91 bits per heavy atom. The maximum absolute atomic E-state index is 12.4. The molecule has 1 aliphatic heterocycles. The number of benzene rings is 2. The van der Waals surface area contributed by atoms with Crippen LogP contribution in [0.2, 0.25) is 0 Å². The van der Waals surface area contributed by atoms with Crippen LogP contribution in [-0.2, 0) is 9.59 Å². The number of hydrogen-bond acceptors (Lipinski definition) is 4. The topological polar surface area (TPSA) is 75.7 Å². The lowest BCUT2D eigenvalue weighted by molar-refractivity contribution is -0.123. The zero-order valence-electron chi connectivity index (χ0n) is 12.2. The van der Waals surface area contributed by atoms with Crippen LogP contribution in [0, 0.1) is 0 Å². The highest BCUT2D eigenvalue weighted by molar-refractivity contribution is 6.10. The maximum Gasteiger partial charge on any atom is 0.265 e. The molecule has 2 aromatic rings. The molecule has 1 aliphatic rings. The quantitative estimate of drug-likeness (QED) is 0.875. The predicted molar refractivity (Wildman–Crippen MR) is 84.7 cm³/mol. The largest absolute Gasteiger partial charge is 0.484 e. The van der Waals surface area contributed by atoms with Crippen molar-refractivity contribution in [3.63, 3.8) is 0 Å². The average molecular weight is 310 g/mol.